The smallest absolute Gasteiger partial charge is 0.164 e. The quantitative estimate of drug-likeness (QED) is 0.828. The van der Waals surface area contributed by atoms with E-state index in [1.165, 1.54) is 5.56 Å². The van der Waals surface area contributed by atoms with Gasteiger partial charge in [0.25, 0.3) is 0 Å². The molecule has 0 saturated carbocycles. The Bertz CT molecular complexity index is 399. The van der Waals surface area contributed by atoms with Gasteiger partial charge in [0.15, 0.2) is 5.78 Å². The van der Waals surface area contributed by atoms with Crippen molar-refractivity contribution in [3.63, 3.8) is 0 Å². The summed E-state index contributed by atoms with van der Waals surface area (Å²) in [5.41, 5.74) is 1.96. The van der Waals surface area contributed by atoms with Crippen molar-refractivity contribution in [2.24, 2.45) is 0 Å². The highest BCUT2D eigenvalue weighted by Crippen LogP contribution is 2.12. The van der Waals surface area contributed by atoms with Gasteiger partial charge >= 0.3 is 0 Å². The van der Waals surface area contributed by atoms with Crippen LogP contribution in [-0.2, 0) is 0 Å². The fraction of sp³-hybridized carbons (Fsp3) is 0.533. The number of likely N-dealkylation sites (tertiary alicyclic amines) is 1. The van der Waals surface area contributed by atoms with Gasteiger partial charge in [-0.25, -0.2) is 0 Å². The third-order valence-electron chi connectivity index (χ3n) is 3.51. The van der Waals surface area contributed by atoms with Crippen molar-refractivity contribution >= 4 is 5.78 Å². The molecule has 1 aliphatic rings. The summed E-state index contributed by atoms with van der Waals surface area (Å²) in [6.07, 6.45) is 2.24. The van der Waals surface area contributed by atoms with Crippen molar-refractivity contribution in [2.45, 2.75) is 32.3 Å². The lowest BCUT2D eigenvalue weighted by molar-refractivity contribution is 0.0670. The maximum atomic E-state index is 12.0. The highest BCUT2D eigenvalue weighted by Gasteiger charge is 2.18. The first kappa shape index (κ1) is 13.2. The van der Waals surface area contributed by atoms with Crippen LogP contribution in [0.25, 0.3) is 0 Å². The van der Waals surface area contributed by atoms with E-state index in [9.17, 15) is 9.90 Å². The molecule has 1 aromatic carbocycles. The Kier molecular flexibility index (Phi) is 4.50. The van der Waals surface area contributed by atoms with Gasteiger partial charge in [-0.1, -0.05) is 29.8 Å². The molecular weight excluding hydrogens is 226 g/mol. The third kappa shape index (κ3) is 3.65. The maximum absolute atomic E-state index is 12.0. The number of hydrogen-bond acceptors (Lipinski definition) is 3. The number of aliphatic hydroxyl groups is 1. The van der Waals surface area contributed by atoms with E-state index in [0.717, 1.165) is 31.5 Å². The average molecular weight is 247 g/mol. The van der Waals surface area contributed by atoms with Crippen LogP contribution in [-0.4, -0.2) is 41.5 Å². The lowest BCUT2D eigenvalue weighted by Gasteiger charge is -2.29. The molecule has 0 aromatic heterocycles. The second-order valence-electron chi connectivity index (χ2n) is 5.14. The lowest BCUT2D eigenvalue weighted by atomic mass is 10.0. The Morgan fingerprint density at radius 3 is 2.78 bits per heavy atom. The highest BCUT2D eigenvalue weighted by molar-refractivity contribution is 5.96. The van der Waals surface area contributed by atoms with Gasteiger partial charge in [-0.3, -0.25) is 4.79 Å². The number of carbonyl (C=O) groups is 1. The van der Waals surface area contributed by atoms with Gasteiger partial charge in [-0.15, -0.1) is 0 Å². The molecular formula is C15H21NO2. The largest absolute Gasteiger partial charge is 0.392 e. The topological polar surface area (TPSA) is 40.5 Å². The van der Waals surface area contributed by atoms with Gasteiger partial charge in [0, 0.05) is 25.1 Å². The van der Waals surface area contributed by atoms with Crippen molar-refractivity contribution < 1.29 is 9.90 Å². The van der Waals surface area contributed by atoms with Crippen molar-refractivity contribution in [2.75, 3.05) is 19.6 Å². The lowest BCUT2D eigenvalue weighted by Crippen LogP contribution is -2.39. The Morgan fingerprint density at radius 1 is 1.39 bits per heavy atom. The second-order valence-corrected chi connectivity index (χ2v) is 5.14. The van der Waals surface area contributed by atoms with E-state index >= 15 is 0 Å². The molecule has 18 heavy (non-hydrogen) atoms. The molecule has 3 heteroatoms. The maximum Gasteiger partial charge on any atom is 0.164 e. The van der Waals surface area contributed by atoms with E-state index in [1.807, 2.05) is 31.2 Å². The Labute approximate surface area is 108 Å². The average Bonchev–Trinajstić information content (AvgIpc) is 2.37. The van der Waals surface area contributed by atoms with Gasteiger partial charge < -0.3 is 10.0 Å². The first-order chi connectivity index (χ1) is 8.65. The summed E-state index contributed by atoms with van der Waals surface area (Å²) in [6.45, 7) is 4.48. The first-order valence-corrected chi connectivity index (χ1v) is 6.65. The molecule has 0 aliphatic carbocycles. The van der Waals surface area contributed by atoms with E-state index in [1.54, 1.807) is 0 Å². The molecule has 1 fully saturated rings. The number of hydrogen-bond donors (Lipinski definition) is 1. The number of ketones is 1. The number of Topliss-reactive ketones (excluding diaryl/α,β-unsaturated/α-hetero) is 1. The summed E-state index contributed by atoms with van der Waals surface area (Å²) in [7, 11) is 0. The predicted octanol–water partition coefficient (Wildman–Crippen LogP) is 2.02. The SMILES string of the molecule is Cc1ccc(C(=O)CCN2CCCC(O)C2)cc1. The standard InChI is InChI=1S/C15H21NO2/c1-12-4-6-13(7-5-12)15(18)8-10-16-9-2-3-14(17)11-16/h4-7,14,17H,2-3,8-11H2,1H3. The van der Waals surface area contributed by atoms with Crippen LogP contribution < -0.4 is 0 Å². The molecule has 0 radical (unpaired) electrons. The molecule has 0 spiro atoms. The monoisotopic (exact) mass is 247 g/mol. The van der Waals surface area contributed by atoms with Gasteiger partial charge in [-0.2, -0.15) is 0 Å². The fourth-order valence-electron chi connectivity index (χ4n) is 2.38. The number of β-amino-alcohol motifs (C(OH)–C–C–N with tert-alkyl or cyclic N) is 1. The van der Waals surface area contributed by atoms with E-state index in [2.05, 4.69) is 4.90 Å². The van der Waals surface area contributed by atoms with Crippen molar-refractivity contribution in [3.05, 3.63) is 35.4 Å². The minimum Gasteiger partial charge on any atom is -0.392 e. The molecule has 1 saturated heterocycles. The predicted molar refractivity (Wildman–Crippen MR) is 71.8 cm³/mol. The van der Waals surface area contributed by atoms with Crippen LogP contribution in [0.1, 0.15) is 35.2 Å². The minimum atomic E-state index is -0.215. The molecule has 1 aliphatic heterocycles. The molecule has 1 unspecified atom stereocenters. The van der Waals surface area contributed by atoms with Crippen LogP contribution in [0.4, 0.5) is 0 Å². The molecule has 0 bridgehead atoms. The van der Waals surface area contributed by atoms with Gasteiger partial charge in [0.05, 0.1) is 6.10 Å². The van der Waals surface area contributed by atoms with Crippen molar-refractivity contribution in [1.82, 2.24) is 4.90 Å². The van der Waals surface area contributed by atoms with E-state index < -0.39 is 0 Å². The van der Waals surface area contributed by atoms with Crippen LogP contribution in [0.2, 0.25) is 0 Å². The van der Waals surface area contributed by atoms with Crippen LogP contribution in [0.15, 0.2) is 24.3 Å². The Morgan fingerprint density at radius 2 is 2.11 bits per heavy atom. The van der Waals surface area contributed by atoms with Crippen LogP contribution >= 0.6 is 0 Å². The molecule has 2 rings (SSSR count). The van der Waals surface area contributed by atoms with Gasteiger partial charge in [0.2, 0.25) is 0 Å². The summed E-state index contributed by atoms with van der Waals surface area (Å²) in [5.74, 6) is 0.190. The van der Waals surface area contributed by atoms with E-state index in [4.69, 9.17) is 0 Å². The zero-order valence-corrected chi connectivity index (χ0v) is 10.9. The van der Waals surface area contributed by atoms with Crippen LogP contribution in [0, 0.1) is 6.92 Å². The van der Waals surface area contributed by atoms with Crippen LogP contribution in [0.5, 0.6) is 0 Å². The molecule has 1 N–H and O–H groups in total. The van der Waals surface area contributed by atoms with Crippen molar-refractivity contribution in [3.8, 4) is 0 Å². The molecule has 1 atom stereocenters. The summed E-state index contributed by atoms with van der Waals surface area (Å²) in [6, 6.07) is 7.72. The molecule has 1 aromatic rings. The highest BCUT2D eigenvalue weighted by atomic mass is 16.3. The third-order valence-corrected chi connectivity index (χ3v) is 3.51. The number of piperidine rings is 1. The summed E-state index contributed by atoms with van der Waals surface area (Å²) < 4.78 is 0. The second kappa shape index (κ2) is 6.12. The van der Waals surface area contributed by atoms with E-state index in [-0.39, 0.29) is 11.9 Å². The number of rotatable bonds is 4. The van der Waals surface area contributed by atoms with Gasteiger partial charge in [-0.05, 0) is 26.3 Å². The number of carbonyl (C=O) groups excluding carboxylic acids is 1. The van der Waals surface area contributed by atoms with Gasteiger partial charge in [0.1, 0.15) is 0 Å². The van der Waals surface area contributed by atoms with Crippen molar-refractivity contribution in [1.29, 1.82) is 0 Å². The number of aliphatic hydroxyl groups excluding tert-OH is 1. The summed E-state index contributed by atoms with van der Waals surface area (Å²) in [4.78, 5) is 14.2. The van der Waals surface area contributed by atoms with Crippen LogP contribution in [0.3, 0.4) is 0 Å². The Balaban J connectivity index is 1.82. The normalized spacial score (nSPS) is 20.9. The number of aryl methyl sites for hydroxylation is 1. The minimum absolute atomic E-state index is 0.190. The summed E-state index contributed by atoms with van der Waals surface area (Å²) >= 11 is 0. The molecule has 1 heterocycles. The summed E-state index contributed by atoms with van der Waals surface area (Å²) in [5, 5.41) is 9.57. The van der Waals surface area contributed by atoms with E-state index in [0.29, 0.717) is 13.0 Å². The first-order valence-electron chi connectivity index (χ1n) is 6.65. The zero-order chi connectivity index (χ0) is 13.0. The number of benzene rings is 1. The Hall–Kier alpha value is -1.19. The molecule has 3 nitrogen and oxygen atoms in total. The zero-order valence-electron chi connectivity index (χ0n) is 10.9. The molecule has 98 valence electrons. The molecule has 0 amide bonds. The fourth-order valence-corrected chi connectivity index (χ4v) is 2.38. The number of nitrogens with zero attached hydrogens (tertiary/aromatic N) is 1.